The molecule has 5 nitrogen and oxygen atoms in total. The minimum atomic E-state index is -0.390. The number of halogens is 3. The smallest absolute Gasteiger partial charge is 0.290 e. The summed E-state index contributed by atoms with van der Waals surface area (Å²) in [4.78, 5) is 16.7. The third kappa shape index (κ3) is 3.38. The van der Waals surface area contributed by atoms with Gasteiger partial charge in [0.25, 0.3) is 5.91 Å². The lowest BCUT2D eigenvalue weighted by Gasteiger charge is -2.02. The summed E-state index contributed by atoms with van der Waals surface area (Å²) in [5.74, 6) is -0.390. The fourth-order valence-electron chi connectivity index (χ4n) is 2.22. The van der Waals surface area contributed by atoms with Crippen LogP contribution in [0.4, 0.5) is 0 Å². The van der Waals surface area contributed by atoms with Gasteiger partial charge >= 0.3 is 0 Å². The second kappa shape index (κ2) is 6.81. The van der Waals surface area contributed by atoms with Crippen LogP contribution in [-0.2, 0) is 0 Å². The maximum absolute atomic E-state index is 12.4. The Kier molecular flexibility index (Phi) is 4.76. The number of hydrazone groups is 1. The third-order valence-corrected chi connectivity index (χ3v) is 4.26. The van der Waals surface area contributed by atoms with Crippen LogP contribution < -0.4 is 5.43 Å². The largest absolute Gasteiger partial charge is 0.294 e. The number of aromatic nitrogens is 2. The van der Waals surface area contributed by atoms with Gasteiger partial charge in [-0.3, -0.25) is 9.20 Å². The van der Waals surface area contributed by atoms with Gasteiger partial charge in [0.05, 0.1) is 27.0 Å². The van der Waals surface area contributed by atoms with Crippen LogP contribution in [-0.4, -0.2) is 21.5 Å². The van der Waals surface area contributed by atoms with E-state index < -0.39 is 5.91 Å². The van der Waals surface area contributed by atoms with Crippen molar-refractivity contribution >= 4 is 52.6 Å². The van der Waals surface area contributed by atoms with E-state index in [2.05, 4.69) is 15.5 Å². The van der Waals surface area contributed by atoms with Crippen LogP contribution in [0.1, 0.15) is 21.7 Å². The summed E-state index contributed by atoms with van der Waals surface area (Å²) in [5.41, 5.74) is 4.77. The Morgan fingerprint density at radius 2 is 2.00 bits per heavy atom. The fraction of sp³-hybridized carbons (Fsp3) is 0.0625. The third-order valence-electron chi connectivity index (χ3n) is 3.30. The molecule has 0 bridgehead atoms. The van der Waals surface area contributed by atoms with Crippen molar-refractivity contribution < 1.29 is 4.79 Å². The van der Waals surface area contributed by atoms with Crippen molar-refractivity contribution in [3.8, 4) is 0 Å². The number of carbonyl (C=O) groups excluding carboxylic acids is 1. The second-order valence-electron chi connectivity index (χ2n) is 4.99. The van der Waals surface area contributed by atoms with Crippen molar-refractivity contribution in [3.63, 3.8) is 0 Å². The molecule has 2 aromatic heterocycles. The number of hydrogen-bond acceptors (Lipinski definition) is 3. The normalized spacial score (nSPS) is 11.3. The number of benzene rings is 1. The monoisotopic (exact) mass is 380 g/mol. The lowest BCUT2D eigenvalue weighted by molar-refractivity contribution is 0.0948. The zero-order chi connectivity index (χ0) is 17.3. The van der Waals surface area contributed by atoms with Gasteiger partial charge < -0.3 is 0 Å². The Labute approximate surface area is 152 Å². The Bertz CT molecular complexity index is 965. The predicted molar refractivity (Wildman–Crippen MR) is 96.5 cm³/mol. The molecule has 0 aliphatic heterocycles. The van der Waals surface area contributed by atoms with Crippen LogP contribution in [0.2, 0.25) is 15.1 Å². The molecule has 0 aliphatic carbocycles. The van der Waals surface area contributed by atoms with Crippen LogP contribution >= 0.6 is 34.8 Å². The molecule has 0 aliphatic rings. The SMILES string of the molecule is Cc1nc2ccc(Cl)cn2c1C(=O)N/N=C\c1ccc(Cl)c(Cl)c1. The molecule has 1 amide bonds. The molecule has 0 radical (unpaired) electrons. The molecule has 8 heteroatoms. The van der Waals surface area contributed by atoms with E-state index in [0.717, 1.165) is 0 Å². The maximum Gasteiger partial charge on any atom is 0.290 e. The van der Waals surface area contributed by atoms with Gasteiger partial charge in [-0.15, -0.1) is 0 Å². The molecule has 122 valence electrons. The van der Waals surface area contributed by atoms with Crippen LogP contribution in [0.25, 0.3) is 5.65 Å². The maximum atomic E-state index is 12.4. The number of imidazole rings is 1. The highest BCUT2D eigenvalue weighted by molar-refractivity contribution is 6.42. The number of amides is 1. The molecule has 0 spiro atoms. The number of aryl methyl sites for hydroxylation is 1. The number of rotatable bonds is 3. The minimum absolute atomic E-state index is 0.374. The van der Waals surface area contributed by atoms with E-state index in [4.69, 9.17) is 34.8 Å². The number of pyridine rings is 1. The first-order valence-electron chi connectivity index (χ1n) is 6.88. The summed E-state index contributed by atoms with van der Waals surface area (Å²) in [6, 6.07) is 8.50. The second-order valence-corrected chi connectivity index (χ2v) is 6.24. The first-order chi connectivity index (χ1) is 11.5. The average Bonchev–Trinajstić information content (AvgIpc) is 2.86. The van der Waals surface area contributed by atoms with Crippen molar-refractivity contribution in [2.75, 3.05) is 0 Å². The van der Waals surface area contributed by atoms with E-state index in [0.29, 0.717) is 37.7 Å². The molecule has 1 N–H and O–H groups in total. The summed E-state index contributed by atoms with van der Waals surface area (Å²) in [6.45, 7) is 1.75. The van der Waals surface area contributed by atoms with Crippen LogP contribution in [0.15, 0.2) is 41.6 Å². The van der Waals surface area contributed by atoms with Crippen molar-refractivity contribution in [2.45, 2.75) is 6.92 Å². The van der Waals surface area contributed by atoms with E-state index in [-0.39, 0.29) is 0 Å². The quantitative estimate of drug-likeness (QED) is 0.541. The van der Waals surface area contributed by atoms with Gasteiger partial charge in [-0.05, 0) is 36.8 Å². The van der Waals surface area contributed by atoms with E-state index in [1.165, 1.54) is 6.21 Å². The molecule has 3 rings (SSSR count). The summed E-state index contributed by atoms with van der Waals surface area (Å²) < 4.78 is 1.63. The molecule has 24 heavy (non-hydrogen) atoms. The first-order valence-corrected chi connectivity index (χ1v) is 8.02. The Hall–Kier alpha value is -2.08. The van der Waals surface area contributed by atoms with E-state index >= 15 is 0 Å². The highest BCUT2D eigenvalue weighted by Gasteiger charge is 2.16. The van der Waals surface area contributed by atoms with Gasteiger partial charge in [0.2, 0.25) is 0 Å². The van der Waals surface area contributed by atoms with Gasteiger partial charge in [-0.1, -0.05) is 40.9 Å². The Morgan fingerprint density at radius 3 is 2.75 bits per heavy atom. The van der Waals surface area contributed by atoms with Crippen molar-refractivity contribution in [1.29, 1.82) is 0 Å². The topological polar surface area (TPSA) is 58.8 Å². The molecule has 0 atom stereocenters. The molecule has 0 saturated heterocycles. The van der Waals surface area contributed by atoms with Gasteiger partial charge in [-0.2, -0.15) is 5.10 Å². The van der Waals surface area contributed by atoms with Gasteiger partial charge in [0.1, 0.15) is 11.3 Å². The fourth-order valence-corrected chi connectivity index (χ4v) is 2.69. The average molecular weight is 382 g/mol. The van der Waals surface area contributed by atoms with Crippen molar-refractivity contribution in [1.82, 2.24) is 14.8 Å². The molecule has 3 aromatic rings. The first kappa shape index (κ1) is 16.8. The number of hydrogen-bond donors (Lipinski definition) is 1. The van der Waals surface area contributed by atoms with Crippen LogP contribution in [0, 0.1) is 6.92 Å². The number of nitrogens with one attached hydrogen (secondary N) is 1. The standard InChI is InChI=1S/C16H11Cl3N4O/c1-9-15(23-8-11(17)3-5-14(23)21-9)16(24)22-20-7-10-2-4-12(18)13(19)6-10/h2-8H,1H3,(H,22,24)/b20-7-. The summed E-state index contributed by atoms with van der Waals surface area (Å²) >= 11 is 17.8. The van der Waals surface area contributed by atoms with E-state index in [1.54, 1.807) is 47.9 Å². The molecular formula is C16H11Cl3N4O. The zero-order valence-corrected chi connectivity index (χ0v) is 14.7. The van der Waals surface area contributed by atoms with Crippen molar-refractivity contribution in [3.05, 3.63) is 68.5 Å². The minimum Gasteiger partial charge on any atom is -0.294 e. The van der Waals surface area contributed by atoms with Gasteiger partial charge in [-0.25, -0.2) is 10.4 Å². The molecule has 1 aromatic carbocycles. The molecular weight excluding hydrogens is 371 g/mol. The number of carbonyl (C=O) groups is 1. The van der Waals surface area contributed by atoms with Gasteiger partial charge in [0.15, 0.2) is 0 Å². The molecule has 2 heterocycles. The van der Waals surface area contributed by atoms with Gasteiger partial charge in [0, 0.05) is 6.20 Å². The molecule has 0 unspecified atom stereocenters. The Morgan fingerprint density at radius 1 is 1.21 bits per heavy atom. The zero-order valence-electron chi connectivity index (χ0n) is 12.4. The van der Waals surface area contributed by atoms with E-state index in [9.17, 15) is 4.79 Å². The lowest BCUT2D eigenvalue weighted by atomic mass is 10.2. The summed E-state index contributed by atoms with van der Waals surface area (Å²) in [6.07, 6.45) is 3.11. The van der Waals surface area contributed by atoms with E-state index in [1.807, 2.05) is 0 Å². The highest BCUT2D eigenvalue weighted by atomic mass is 35.5. The van der Waals surface area contributed by atoms with Crippen LogP contribution in [0.3, 0.4) is 0 Å². The molecule has 0 fully saturated rings. The van der Waals surface area contributed by atoms with Crippen LogP contribution in [0.5, 0.6) is 0 Å². The number of nitrogens with zero attached hydrogens (tertiary/aromatic N) is 3. The highest BCUT2D eigenvalue weighted by Crippen LogP contribution is 2.21. The molecule has 0 saturated carbocycles. The number of fused-ring (bicyclic) bond motifs is 1. The Balaban J connectivity index is 1.82. The summed E-state index contributed by atoms with van der Waals surface area (Å²) in [7, 11) is 0. The lowest BCUT2D eigenvalue weighted by Crippen LogP contribution is -2.20. The summed E-state index contributed by atoms with van der Waals surface area (Å²) in [5, 5.41) is 5.32. The van der Waals surface area contributed by atoms with Crippen molar-refractivity contribution in [2.24, 2.45) is 5.10 Å². The predicted octanol–water partition coefficient (Wildman–Crippen LogP) is 4.37.